The Labute approximate surface area is 118 Å². The standard InChI is InChI=1S/C11H14ClF3N4O/c12-9-8(4-17-18-10(9)20)16-3-7-1-2-19(5-7)6-11(13,14)15/h4,7H,1-3,5-6H2,(H2,16,18,20). The molecule has 1 aliphatic heterocycles. The van der Waals surface area contributed by atoms with E-state index in [2.05, 4.69) is 15.5 Å². The average Bonchev–Trinajstić information content (AvgIpc) is 2.76. The molecule has 1 aromatic rings. The van der Waals surface area contributed by atoms with E-state index >= 15 is 0 Å². The molecule has 2 N–H and O–H groups in total. The molecule has 1 aliphatic rings. The maximum Gasteiger partial charge on any atom is 0.401 e. The number of anilines is 1. The van der Waals surface area contributed by atoms with Crippen molar-refractivity contribution in [2.24, 2.45) is 5.92 Å². The maximum atomic E-state index is 12.3. The molecule has 0 aliphatic carbocycles. The van der Waals surface area contributed by atoms with Crippen LogP contribution in [0, 0.1) is 5.92 Å². The Hall–Kier alpha value is -1.28. The predicted octanol–water partition coefficient (Wildman–Crippen LogP) is 1.72. The van der Waals surface area contributed by atoms with E-state index in [1.54, 1.807) is 0 Å². The number of nitrogens with one attached hydrogen (secondary N) is 2. The van der Waals surface area contributed by atoms with E-state index in [0.717, 1.165) is 0 Å². The third-order valence-corrected chi connectivity index (χ3v) is 3.52. The molecule has 0 radical (unpaired) electrons. The number of H-pyrrole nitrogens is 1. The highest BCUT2D eigenvalue weighted by Gasteiger charge is 2.34. The Morgan fingerprint density at radius 1 is 1.55 bits per heavy atom. The molecule has 0 spiro atoms. The van der Waals surface area contributed by atoms with E-state index < -0.39 is 18.3 Å². The Morgan fingerprint density at radius 3 is 3.00 bits per heavy atom. The number of aromatic nitrogens is 2. The summed E-state index contributed by atoms with van der Waals surface area (Å²) in [4.78, 5) is 12.6. The van der Waals surface area contributed by atoms with Crippen molar-refractivity contribution in [1.29, 1.82) is 0 Å². The van der Waals surface area contributed by atoms with Crippen LogP contribution in [0.4, 0.5) is 18.9 Å². The van der Waals surface area contributed by atoms with Crippen LogP contribution in [0.1, 0.15) is 6.42 Å². The summed E-state index contributed by atoms with van der Waals surface area (Å²) in [5.74, 6) is 0.0905. The van der Waals surface area contributed by atoms with E-state index in [1.165, 1.54) is 11.1 Å². The molecule has 0 bridgehead atoms. The van der Waals surface area contributed by atoms with Crippen LogP contribution >= 0.6 is 11.6 Å². The predicted molar refractivity (Wildman–Crippen MR) is 69.0 cm³/mol. The Kier molecular flexibility index (Phi) is 4.54. The molecule has 2 rings (SSSR count). The van der Waals surface area contributed by atoms with E-state index in [0.29, 0.717) is 31.7 Å². The van der Waals surface area contributed by atoms with Gasteiger partial charge in [-0.15, -0.1) is 0 Å². The molecule has 5 nitrogen and oxygen atoms in total. The molecule has 2 heterocycles. The minimum Gasteiger partial charge on any atom is -0.382 e. The zero-order chi connectivity index (χ0) is 14.8. The van der Waals surface area contributed by atoms with Gasteiger partial charge in [0.1, 0.15) is 5.02 Å². The van der Waals surface area contributed by atoms with E-state index in [9.17, 15) is 18.0 Å². The van der Waals surface area contributed by atoms with Crippen molar-refractivity contribution in [3.05, 3.63) is 21.6 Å². The van der Waals surface area contributed by atoms with E-state index in [1.807, 2.05) is 0 Å². The summed E-state index contributed by atoms with van der Waals surface area (Å²) in [6, 6.07) is 0. The fourth-order valence-electron chi connectivity index (χ4n) is 2.24. The van der Waals surface area contributed by atoms with E-state index in [4.69, 9.17) is 11.6 Å². The summed E-state index contributed by atoms with van der Waals surface area (Å²) in [7, 11) is 0. The van der Waals surface area contributed by atoms with Crippen molar-refractivity contribution in [3.63, 3.8) is 0 Å². The van der Waals surface area contributed by atoms with Crippen LogP contribution in [0.25, 0.3) is 0 Å². The first kappa shape index (κ1) is 15.1. The van der Waals surface area contributed by atoms with Crippen molar-refractivity contribution in [2.75, 3.05) is 31.5 Å². The second-order valence-corrected chi connectivity index (χ2v) is 5.19. The number of hydrogen-bond acceptors (Lipinski definition) is 4. The summed E-state index contributed by atoms with van der Waals surface area (Å²) >= 11 is 5.79. The highest BCUT2D eigenvalue weighted by Crippen LogP contribution is 2.23. The quantitative estimate of drug-likeness (QED) is 0.889. The largest absolute Gasteiger partial charge is 0.401 e. The molecule has 0 aromatic carbocycles. The number of alkyl halides is 3. The van der Waals surface area contributed by atoms with Gasteiger partial charge >= 0.3 is 6.18 Å². The molecule has 112 valence electrons. The fraction of sp³-hybridized carbons (Fsp3) is 0.636. The summed E-state index contributed by atoms with van der Waals surface area (Å²) in [6.45, 7) is 0.379. The molecular weight excluding hydrogens is 297 g/mol. The lowest BCUT2D eigenvalue weighted by atomic mass is 10.1. The molecule has 0 saturated carbocycles. The lowest BCUT2D eigenvalue weighted by Gasteiger charge is -2.18. The monoisotopic (exact) mass is 310 g/mol. The lowest BCUT2D eigenvalue weighted by molar-refractivity contribution is -0.143. The van der Waals surface area contributed by atoms with Gasteiger partial charge in [-0.3, -0.25) is 9.69 Å². The second kappa shape index (κ2) is 6.01. The van der Waals surface area contributed by atoms with Gasteiger partial charge in [-0.1, -0.05) is 11.6 Å². The van der Waals surface area contributed by atoms with Gasteiger partial charge in [0.05, 0.1) is 18.4 Å². The second-order valence-electron chi connectivity index (χ2n) is 4.81. The molecule has 1 saturated heterocycles. The number of nitrogens with zero attached hydrogens (tertiary/aromatic N) is 2. The van der Waals surface area contributed by atoms with Crippen LogP contribution < -0.4 is 10.9 Å². The molecule has 1 fully saturated rings. The lowest BCUT2D eigenvalue weighted by Crippen LogP contribution is -2.33. The van der Waals surface area contributed by atoms with Gasteiger partial charge in [-0.2, -0.15) is 18.3 Å². The molecule has 0 amide bonds. The normalized spacial score (nSPS) is 20.3. The number of rotatable bonds is 4. The first-order chi connectivity index (χ1) is 9.35. The maximum absolute atomic E-state index is 12.3. The minimum atomic E-state index is -4.16. The molecule has 1 unspecified atom stereocenters. The molecule has 1 atom stereocenters. The average molecular weight is 311 g/mol. The Morgan fingerprint density at radius 2 is 2.30 bits per heavy atom. The smallest absolute Gasteiger partial charge is 0.382 e. The summed E-state index contributed by atoms with van der Waals surface area (Å²) in [6.07, 6.45) is -2.11. The van der Waals surface area contributed by atoms with Crippen molar-refractivity contribution >= 4 is 17.3 Å². The van der Waals surface area contributed by atoms with Gasteiger partial charge in [0.15, 0.2) is 0 Å². The van der Waals surface area contributed by atoms with Gasteiger partial charge < -0.3 is 5.32 Å². The fourth-order valence-corrected chi connectivity index (χ4v) is 2.40. The molecule has 1 aromatic heterocycles. The third kappa shape index (κ3) is 4.11. The number of halogens is 4. The van der Waals surface area contributed by atoms with Crippen LogP contribution in [-0.2, 0) is 0 Å². The van der Waals surface area contributed by atoms with Crippen molar-refractivity contribution in [1.82, 2.24) is 15.1 Å². The molecule has 9 heteroatoms. The van der Waals surface area contributed by atoms with Crippen LogP contribution in [0.3, 0.4) is 0 Å². The van der Waals surface area contributed by atoms with Gasteiger partial charge in [-0.05, 0) is 18.9 Å². The van der Waals surface area contributed by atoms with Gasteiger partial charge in [-0.25, -0.2) is 5.10 Å². The zero-order valence-electron chi connectivity index (χ0n) is 10.5. The van der Waals surface area contributed by atoms with Crippen LogP contribution in [0.2, 0.25) is 5.02 Å². The highest BCUT2D eigenvalue weighted by atomic mass is 35.5. The highest BCUT2D eigenvalue weighted by molar-refractivity contribution is 6.32. The van der Waals surface area contributed by atoms with Crippen LogP contribution in [0.15, 0.2) is 11.0 Å². The van der Waals surface area contributed by atoms with Gasteiger partial charge in [0, 0.05) is 13.1 Å². The SMILES string of the molecule is O=c1[nH]ncc(NCC2CCN(CC(F)(F)F)C2)c1Cl. The summed E-state index contributed by atoms with van der Waals surface area (Å²) in [5, 5.41) is 8.76. The van der Waals surface area contributed by atoms with Crippen LogP contribution in [0.5, 0.6) is 0 Å². The molecule has 20 heavy (non-hydrogen) atoms. The van der Waals surface area contributed by atoms with Gasteiger partial charge in [0.25, 0.3) is 5.56 Å². The first-order valence-electron chi connectivity index (χ1n) is 6.11. The van der Waals surface area contributed by atoms with Crippen molar-refractivity contribution in [2.45, 2.75) is 12.6 Å². The summed E-state index contributed by atoms with van der Waals surface area (Å²) in [5.41, 5.74) is -0.105. The number of aromatic amines is 1. The first-order valence-corrected chi connectivity index (χ1v) is 6.49. The van der Waals surface area contributed by atoms with E-state index in [-0.39, 0.29) is 10.9 Å². The molecular formula is C11H14ClF3N4O. The number of hydrogen-bond donors (Lipinski definition) is 2. The number of likely N-dealkylation sites (tertiary alicyclic amines) is 1. The topological polar surface area (TPSA) is 61.0 Å². The zero-order valence-corrected chi connectivity index (χ0v) is 11.3. The van der Waals surface area contributed by atoms with Crippen molar-refractivity contribution in [3.8, 4) is 0 Å². The summed E-state index contributed by atoms with van der Waals surface area (Å²) < 4.78 is 36.8. The minimum absolute atomic E-state index is 0.00476. The van der Waals surface area contributed by atoms with Gasteiger partial charge in [0.2, 0.25) is 0 Å². The van der Waals surface area contributed by atoms with Crippen molar-refractivity contribution < 1.29 is 13.2 Å². The Balaban J connectivity index is 1.84. The Bertz CT molecular complexity index is 519. The third-order valence-electron chi connectivity index (χ3n) is 3.15. The van der Waals surface area contributed by atoms with Crippen LogP contribution in [-0.4, -0.2) is 47.5 Å².